The van der Waals surface area contributed by atoms with E-state index in [4.69, 9.17) is 23.2 Å². The van der Waals surface area contributed by atoms with E-state index >= 15 is 0 Å². The van der Waals surface area contributed by atoms with Gasteiger partial charge in [-0.25, -0.2) is 0 Å². The molecule has 15 heavy (non-hydrogen) atoms. The van der Waals surface area contributed by atoms with Gasteiger partial charge in [-0.2, -0.15) is 0 Å². The highest BCUT2D eigenvalue weighted by atomic mass is 35.5. The maximum atomic E-state index is 9.85. The second kappa shape index (κ2) is 4.71. The van der Waals surface area contributed by atoms with Gasteiger partial charge in [0.15, 0.2) is 0 Å². The predicted octanol–water partition coefficient (Wildman–Crippen LogP) is 2.78. The normalized spacial score (nSPS) is 17.8. The lowest BCUT2D eigenvalue weighted by atomic mass is 10.1. The minimum absolute atomic E-state index is 0.486. The Morgan fingerprint density at radius 1 is 1.33 bits per heavy atom. The quantitative estimate of drug-likeness (QED) is 0.856. The fourth-order valence-corrected chi connectivity index (χ4v) is 1.71. The summed E-state index contributed by atoms with van der Waals surface area (Å²) >= 11 is 11.7. The van der Waals surface area contributed by atoms with Gasteiger partial charge in [0.1, 0.15) is 0 Å². The van der Waals surface area contributed by atoms with Gasteiger partial charge in [-0.1, -0.05) is 29.3 Å². The maximum absolute atomic E-state index is 9.85. The molecule has 1 atom stereocenters. The van der Waals surface area contributed by atoms with Gasteiger partial charge in [-0.05, 0) is 30.5 Å². The first-order valence-corrected chi connectivity index (χ1v) is 5.79. The molecule has 1 fully saturated rings. The molecule has 1 aromatic carbocycles. The molecule has 82 valence electrons. The van der Waals surface area contributed by atoms with Gasteiger partial charge in [0.05, 0.1) is 16.1 Å². The summed E-state index contributed by atoms with van der Waals surface area (Å²) in [4.78, 5) is 0. The smallest absolute Gasteiger partial charge is 0.0915 e. The van der Waals surface area contributed by atoms with Crippen LogP contribution in [0.3, 0.4) is 0 Å². The average molecular weight is 246 g/mol. The van der Waals surface area contributed by atoms with Crippen molar-refractivity contribution in [2.45, 2.75) is 25.0 Å². The van der Waals surface area contributed by atoms with Crippen LogP contribution in [0, 0.1) is 0 Å². The van der Waals surface area contributed by atoms with Gasteiger partial charge in [-0.15, -0.1) is 0 Å². The van der Waals surface area contributed by atoms with Crippen LogP contribution in [-0.2, 0) is 0 Å². The van der Waals surface area contributed by atoms with Gasteiger partial charge in [-0.3, -0.25) is 0 Å². The van der Waals surface area contributed by atoms with Gasteiger partial charge < -0.3 is 10.4 Å². The first-order valence-electron chi connectivity index (χ1n) is 5.03. The Hall–Kier alpha value is -0.280. The number of benzene rings is 1. The Morgan fingerprint density at radius 2 is 2.07 bits per heavy atom. The first-order chi connectivity index (χ1) is 7.16. The van der Waals surface area contributed by atoms with Crippen molar-refractivity contribution >= 4 is 23.2 Å². The van der Waals surface area contributed by atoms with Crippen molar-refractivity contribution < 1.29 is 5.11 Å². The first kappa shape index (κ1) is 11.2. The molecule has 1 aromatic rings. The molecule has 0 spiro atoms. The number of hydrogen-bond donors (Lipinski definition) is 2. The van der Waals surface area contributed by atoms with E-state index in [0.717, 1.165) is 5.56 Å². The molecule has 0 radical (unpaired) electrons. The van der Waals surface area contributed by atoms with E-state index in [1.165, 1.54) is 12.8 Å². The number of rotatable bonds is 4. The topological polar surface area (TPSA) is 32.3 Å². The third-order valence-electron chi connectivity index (χ3n) is 2.51. The lowest BCUT2D eigenvalue weighted by Crippen LogP contribution is -2.23. The molecule has 1 unspecified atom stereocenters. The van der Waals surface area contributed by atoms with Crippen molar-refractivity contribution in [3.05, 3.63) is 33.8 Å². The summed E-state index contributed by atoms with van der Waals surface area (Å²) in [7, 11) is 0. The van der Waals surface area contributed by atoms with Crippen LogP contribution in [0.2, 0.25) is 10.0 Å². The molecular weight excluding hydrogens is 233 g/mol. The Balaban J connectivity index is 1.97. The van der Waals surface area contributed by atoms with Crippen molar-refractivity contribution in [1.29, 1.82) is 0 Å². The zero-order chi connectivity index (χ0) is 10.8. The van der Waals surface area contributed by atoms with E-state index in [-0.39, 0.29) is 0 Å². The Morgan fingerprint density at radius 3 is 2.67 bits per heavy atom. The van der Waals surface area contributed by atoms with E-state index in [0.29, 0.717) is 22.6 Å². The van der Waals surface area contributed by atoms with Gasteiger partial charge in [0.2, 0.25) is 0 Å². The minimum Gasteiger partial charge on any atom is -0.387 e. The van der Waals surface area contributed by atoms with E-state index in [2.05, 4.69) is 5.32 Å². The molecule has 1 saturated carbocycles. The number of aliphatic hydroxyl groups excluding tert-OH is 1. The molecule has 1 aliphatic rings. The van der Waals surface area contributed by atoms with Crippen LogP contribution in [0.4, 0.5) is 0 Å². The lowest BCUT2D eigenvalue weighted by molar-refractivity contribution is 0.174. The van der Waals surface area contributed by atoms with Crippen molar-refractivity contribution in [3.8, 4) is 0 Å². The summed E-state index contributed by atoms with van der Waals surface area (Å²) < 4.78 is 0. The van der Waals surface area contributed by atoms with Crippen LogP contribution in [0.1, 0.15) is 24.5 Å². The third-order valence-corrected chi connectivity index (χ3v) is 3.24. The maximum Gasteiger partial charge on any atom is 0.0915 e. The minimum atomic E-state index is -0.514. The molecule has 0 saturated heterocycles. The van der Waals surface area contributed by atoms with E-state index in [1.807, 2.05) is 0 Å². The highest BCUT2D eigenvalue weighted by Crippen LogP contribution is 2.26. The van der Waals surface area contributed by atoms with Crippen molar-refractivity contribution in [2.75, 3.05) is 6.54 Å². The van der Waals surface area contributed by atoms with Gasteiger partial charge >= 0.3 is 0 Å². The zero-order valence-electron chi connectivity index (χ0n) is 8.21. The molecule has 0 heterocycles. The molecule has 2 N–H and O–H groups in total. The monoisotopic (exact) mass is 245 g/mol. The van der Waals surface area contributed by atoms with Gasteiger partial charge in [0, 0.05) is 12.6 Å². The summed E-state index contributed by atoms with van der Waals surface area (Å²) in [6.07, 6.45) is 1.92. The Labute approximate surface area is 99.2 Å². The Bertz CT molecular complexity index is 352. The summed E-state index contributed by atoms with van der Waals surface area (Å²) in [5, 5.41) is 14.1. The summed E-state index contributed by atoms with van der Waals surface area (Å²) in [5.74, 6) is 0. The number of aliphatic hydroxyl groups is 1. The van der Waals surface area contributed by atoms with Crippen molar-refractivity contribution in [1.82, 2.24) is 5.32 Å². The number of halogens is 2. The molecule has 2 nitrogen and oxygen atoms in total. The third kappa shape index (κ3) is 3.08. The highest BCUT2D eigenvalue weighted by Gasteiger charge is 2.21. The highest BCUT2D eigenvalue weighted by molar-refractivity contribution is 6.42. The largest absolute Gasteiger partial charge is 0.387 e. The van der Waals surface area contributed by atoms with Crippen LogP contribution < -0.4 is 5.32 Å². The standard InChI is InChI=1S/C11H13Cl2NO/c12-9-4-1-7(5-10(9)13)11(15)6-14-8-2-3-8/h1,4-5,8,11,14-15H,2-3,6H2. The van der Waals surface area contributed by atoms with Crippen LogP contribution >= 0.6 is 23.2 Å². The van der Waals surface area contributed by atoms with Crippen LogP contribution in [0.15, 0.2) is 18.2 Å². The summed E-state index contributed by atoms with van der Waals surface area (Å²) in [6, 6.07) is 5.82. The van der Waals surface area contributed by atoms with E-state index in [9.17, 15) is 5.11 Å². The molecule has 0 aliphatic heterocycles. The fourth-order valence-electron chi connectivity index (χ4n) is 1.40. The van der Waals surface area contributed by atoms with Crippen molar-refractivity contribution in [2.24, 2.45) is 0 Å². The average Bonchev–Trinajstić information content (AvgIpc) is 3.02. The zero-order valence-corrected chi connectivity index (χ0v) is 9.72. The van der Waals surface area contributed by atoms with Crippen LogP contribution in [0.25, 0.3) is 0 Å². The molecule has 0 amide bonds. The van der Waals surface area contributed by atoms with Gasteiger partial charge in [0.25, 0.3) is 0 Å². The van der Waals surface area contributed by atoms with Crippen LogP contribution in [-0.4, -0.2) is 17.7 Å². The second-order valence-electron chi connectivity index (χ2n) is 3.87. The summed E-state index contributed by atoms with van der Waals surface area (Å²) in [6.45, 7) is 0.572. The molecule has 2 rings (SSSR count). The molecule has 0 aromatic heterocycles. The van der Waals surface area contributed by atoms with Crippen molar-refractivity contribution in [3.63, 3.8) is 0 Å². The van der Waals surface area contributed by atoms with Crippen LogP contribution in [0.5, 0.6) is 0 Å². The molecule has 0 bridgehead atoms. The molecule has 4 heteroatoms. The summed E-state index contributed by atoms with van der Waals surface area (Å²) in [5.41, 5.74) is 0.803. The second-order valence-corrected chi connectivity index (χ2v) is 4.69. The SMILES string of the molecule is OC(CNC1CC1)c1ccc(Cl)c(Cl)c1. The fraction of sp³-hybridized carbons (Fsp3) is 0.455. The number of hydrogen-bond acceptors (Lipinski definition) is 2. The molecule has 1 aliphatic carbocycles. The number of nitrogens with one attached hydrogen (secondary N) is 1. The van der Waals surface area contributed by atoms with E-state index < -0.39 is 6.10 Å². The lowest BCUT2D eigenvalue weighted by Gasteiger charge is -2.12. The molecular formula is C11H13Cl2NO. The predicted molar refractivity (Wildman–Crippen MR) is 62.4 cm³/mol. The Kier molecular flexibility index (Phi) is 3.52. The van der Waals surface area contributed by atoms with E-state index in [1.54, 1.807) is 18.2 Å².